The van der Waals surface area contributed by atoms with Gasteiger partial charge in [-0.3, -0.25) is 4.68 Å². The third-order valence-electron chi connectivity index (χ3n) is 3.50. The molecule has 0 saturated heterocycles. The van der Waals surface area contributed by atoms with Crippen molar-refractivity contribution in [2.45, 2.75) is 26.3 Å². The predicted octanol–water partition coefficient (Wildman–Crippen LogP) is 3.54. The van der Waals surface area contributed by atoms with Gasteiger partial charge < -0.3 is 9.78 Å². The van der Waals surface area contributed by atoms with Crippen molar-refractivity contribution >= 4 is 16.7 Å². The molecule has 4 nitrogen and oxygen atoms in total. The molecule has 0 bridgehead atoms. The first-order chi connectivity index (χ1) is 10.1. The zero-order valence-corrected chi connectivity index (χ0v) is 11.8. The van der Waals surface area contributed by atoms with Gasteiger partial charge in [-0.2, -0.15) is 5.10 Å². The lowest BCUT2D eigenvalue weighted by Crippen LogP contribution is -2.00. The van der Waals surface area contributed by atoms with Gasteiger partial charge in [-0.25, -0.2) is 4.39 Å². The second-order valence-corrected chi connectivity index (χ2v) is 5.19. The van der Waals surface area contributed by atoms with Crippen molar-refractivity contribution < 1.29 is 9.18 Å². The molecule has 21 heavy (non-hydrogen) atoms. The lowest BCUT2D eigenvalue weighted by atomic mass is 10.1. The van der Waals surface area contributed by atoms with E-state index in [0.717, 1.165) is 35.0 Å². The maximum atomic E-state index is 13.2. The van der Waals surface area contributed by atoms with Crippen molar-refractivity contribution in [3.63, 3.8) is 0 Å². The average molecular weight is 285 g/mol. The Labute approximate surface area is 121 Å². The van der Waals surface area contributed by atoms with Crippen LogP contribution in [-0.2, 0) is 11.3 Å². The summed E-state index contributed by atoms with van der Waals surface area (Å²) in [5.41, 5.74) is 2.76. The second-order valence-electron chi connectivity index (χ2n) is 5.19. The van der Waals surface area contributed by atoms with E-state index in [0.29, 0.717) is 6.42 Å². The van der Waals surface area contributed by atoms with E-state index >= 15 is 0 Å². The summed E-state index contributed by atoms with van der Waals surface area (Å²) >= 11 is 0. The normalized spacial score (nSPS) is 11.1. The fourth-order valence-corrected chi connectivity index (χ4v) is 2.45. The Balaban J connectivity index is 1.83. The number of H-pyrrole nitrogens is 1. The van der Waals surface area contributed by atoms with Gasteiger partial charge in [0.25, 0.3) is 0 Å². The van der Waals surface area contributed by atoms with Crippen LogP contribution in [0.1, 0.15) is 19.8 Å². The number of ketones is 1. The zero-order chi connectivity index (χ0) is 14.8. The molecule has 5 heteroatoms. The molecule has 1 N–H and O–H groups in total. The Hall–Kier alpha value is -2.43. The number of carbonyl (C=O) groups excluding carboxylic acids is 1. The molecule has 0 unspecified atom stereocenters. The van der Waals surface area contributed by atoms with Gasteiger partial charge in [0.05, 0.1) is 6.20 Å². The molecule has 0 aliphatic heterocycles. The summed E-state index contributed by atoms with van der Waals surface area (Å²) in [7, 11) is 0. The summed E-state index contributed by atoms with van der Waals surface area (Å²) in [5.74, 6) is -0.0585. The van der Waals surface area contributed by atoms with Gasteiger partial charge in [-0.15, -0.1) is 0 Å². The standard InChI is InChI=1S/C16H16FN3O/c1-11(21)3-2-6-20-10-12(8-19-20)15-9-18-16-7-13(17)4-5-14(15)16/h4-5,7-10,18H,2-3,6H2,1H3. The molecule has 0 atom stereocenters. The number of fused-ring (bicyclic) bond motifs is 1. The molecule has 2 aromatic heterocycles. The summed E-state index contributed by atoms with van der Waals surface area (Å²) in [6, 6.07) is 4.71. The maximum absolute atomic E-state index is 13.2. The lowest BCUT2D eigenvalue weighted by molar-refractivity contribution is -0.117. The fraction of sp³-hybridized carbons (Fsp3) is 0.250. The second kappa shape index (κ2) is 5.52. The highest BCUT2D eigenvalue weighted by Crippen LogP contribution is 2.28. The molecule has 2 heterocycles. The molecule has 0 amide bonds. The molecule has 0 aliphatic rings. The predicted molar refractivity (Wildman–Crippen MR) is 79.4 cm³/mol. The van der Waals surface area contributed by atoms with Crippen molar-refractivity contribution in [3.05, 3.63) is 42.6 Å². The minimum atomic E-state index is -0.254. The molecule has 0 saturated carbocycles. The van der Waals surface area contributed by atoms with Crippen LogP contribution in [0.15, 0.2) is 36.8 Å². The van der Waals surface area contributed by atoms with Crippen molar-refractivity contribution in [1.29, 1.82) is 0 Å². The highest BCUT2D eigenvalue weighted by Gasteiger charge is 2.09. The number of benzene rings is 1. The van der Waals surface area contributed by atoms with Crippen molar-refractivity contribution in [2.24, 2.45) is 0 Å². The van der Waals surface area contributed by atoms with Gasteiger partial charge in [-0.1, -0.05) is 0 Å². The van der Waals surface area contributed by atoms with Crippen LogP contribution in [0, 0.1) is 5.82 Å². The number of halogens is 1. The first-order valence-electron chi connectivity index (χ1n) is 6.92. The Morgan fingerprint density at radius 3 is 3.10 bits per heavy atom. The monoisotopic (exact) mass is 285 g/mol. The minimum Gasteiger partial charge on any atom is -0.360 e. The van der Waals surface area contributed by atoms with Crippen LogP contribution in [0.3, 0.4) is 0 Å². The van der Waals surface area contributed by atoms with Crippen LogP contribution in [-0.4, -0.2) is 20.5 Å². The first-order valence-corrected chi connectivity index (χ1v) is 6.92. The summed E-state index contributed by atoms with van der Waals surface area (Å²) in [5, 5.41) is 5.28. The number of aromatic nitrogens is 3. The maximum Gasteiger partial charge on any atom is 0.129 e. The van der Waals surface area contributed by atoms with E-state index in [1.54, 1.807) is 19.2 Å². The molecule has 1 aromatic carbocycles. The SMILES string of the molecule is CC(=O)CCCn1cc(-c2c[nH]c3cc(F)ccc23)cn1. The largest absolute Gasteiger partial charge is 0.360 e. The van der Waals surface area contributed by atoms with Gasteiger partial charge in [0.2, 0.25) is 0 Å². The topological polar surface area (TPSA) is 50.7 Å². The number of hydrogen-bond acceptors (Lipinski definition) is 2. The smallest absolute Gasteiger partial charge is 0.129 e. The summed E-state index contributed by atoms with van der Waals surface area (Å²) in [4.78, 5) is 14.0. The third-order valence-corrected chi connectivity index (χ3v) is 3.50. The third kappa shape index (κ3) is 2.86. The number of aromatic amines is 1. The van der Waals surface area contributed by atoms with Crippen LogP contribution >= 0.6 is 0 Å². The molecule has 0 aliphatic carbocycles. The van der Waals surface area contributed by atoms with Gasteiger partial charge >= 0.3 is 0 Å². The average Bonchev–Trinajstić information content (AvgIpc) is 3.04. The van der Waals surface area contributed by atoms with Crippen LogP contribution in [0.25, 0.3) is 22.0 Å². The Bertz CT molecular complexity index is 788. The van der Waals surface area contributed by atoms with E-state index in [1.165, 1.54) is 12.1 Å². The van der Waals surface area contributed by atoms with E-state index in [-0.39, 0.29) is 11.6 Å². The number of nitrogens with zero attached hydrogens (tertiary/aromatic N) is 2. The van der Waals surface area contributed by atoms with Crippen LogP contribution in [0.4, 0.5) is 4.39 Å². The lowest BCUT2D eigenvalue weighted by Gasteiger charge is -1.99. The van der Waals surface area contributed by atoms with Crippen LogP contribution in [0.2, 0.25) is 0 Å². The molecular weight excluding hydrogens is 269 g/mol. The number of nitrogens with one attached hydrogen (secondary N) is 1. The molecule has 0 spiro atoms. The van der Waals surface area contributed by atoms with E-state index in [4.69, 9.17) is 0 Å². The minimum absolute atomic E-state index is 0.195. The Morgan fingerprint density at radius 1 is 1.43 bits per heavy atom. The van der Waals surface area contributed by atoms with Crippen molar-refractivity contribution in [1.82, 2.24) is 14.8 Å². The number of aryl methyl sites for hydroxylation is 1. The summed E-state index contributed by atoms with van der Waals surface area (Å²) < 4.78 is 15.0. The molecular formula is C16H16FN3O. The van der Waals surface area contributed by atoms with Crippen molar-refractivity contribution in [2.75, 3.05) is 0 Å². The zero-order valence-electron chi connectivity index (χ0n) is 11.8. The quantitative estimate of drug-likeness (QED) is 0.779. The number of hydrogen-bond donors (Lipinski definition) is 1. The number of Topliss-reactive ketones (excluding diaryl/α,β-unsaturated/α-hetero) is 1. The number of rotatable bonds is 5. The first kappa shape index (κ1) is 13.5. The Kier molecular flexibility index (Phi) is 3.56. The van der Waals surface area contributed by atoms with E-state index in [9.17, 15) is 9.18 Å². The van der Waals surface area contributed by atoms with E-state index < -0.39 is 0 Å². The molecule has 0 fully saturated rings. The summed E-state index contributed by atoms with van der Waals surface area (Å²) in [6.07, 6.45) is 6.96. The van der Waals surface area contributed by atoms with Crippen molar-refractivity contribution in [3.8, 4) is 11.1 Å². The highest BCUT2D eigenvalue weighted by atomic mass is 19.1. The van der Waals surface area contributed by atoms with E-state index in [1.807, 2.05) is 17.1 Å². The van der Waals surface area contributed by atoms with Gasteiger partial charge in [0, 0.05) is 47.4 Å². The van der Waals surface area contributed by atoms with E-state index in [2.05, 4.69) is 10.1 Å². The Morgan fingerprint density at radius 2 is 2.29 bits per heavy atom. The van der Waals surface area contributed by atoms with Gasteiger partial charge in [-0.05, 0) is 31.5 Å². The highest BCUT2D eigenvalue weighted by molar-refractivity contribution is 5.95. The molecule has 3 aromatic rings. The van der Waals surface area contributed by atoms with Gasteiger partial charge in [0.1, 0.15) is 11.6 Å². The molecule has 0 radical (unpaired) electrons. The van der Waals surface area contributed by atoms with Crippen LogP contribution < -0.4 is 0 Å². The number of carbonyl (C=O) groups is 1. The summed E-state index contributed by atoms with van der Waals surface area (Å²) in [6.45, 7) is 2.32. The van der Waals surface area contributed by atoms with Crippen LogP contribution in [0.5, 0.6) is 0 Å². The van der Waals surface area contributed by atoms with Gasteiger partial charge in [0.15, 0.2) is 0 Å². The molecule has 3 rings (SSSR count). The fourth-order valence-electron chi connectivity index (χ4n) is 2.45. The molecule has 108 valence electrons.